The van der Waals surface area contributed by atoms with Gasteiger partial charge in [0.2, 0.25) is 0 Å². The second-order valence-corrected chi connectivity index (χ2v) is 6.14. The lowest BCUT2D eigenvalue weighted by atomic mass is 10.3. The summed E-state index contributed by atoms with van der Waals surface area (Å²) in [6, 6.07) is 6.59. The minimum absolute atomic E-state index is 0.174. The number of hydrogen-bond acceptors (Lipinski definition) is 3. The van der Waals surface area contributed by atoms with Gasteiger partial charge in [-0.2, -0.15) is 5.10 Å². The summed E-state index contributed by atoms with van der Waals surface area (Å²) >= 11 is 12.1. The van der Waals surface area contributed by atoms with Crippen LogP contribution < -0.4 is 0 Å². The van der Waals surface area contributed by atoms with Gasteiger partial charge in [0.15, 0.2) is 5.69 Å². The van der Waals surface area contributed by atoms with Crippen LogP contribution in [0.2, 0.25) is 10.0 Å². The van der Waals surface area contributed by atoms with E-state index in [1.807, 2.05) is 6.92 Å². The monoisotopic (exact) mass is 369 g/mol. The van der Waals surface area contributed by atoms with Crippen molar-refractivity contribution in [2.75, 3.05) is 13.1 Å². The number of carboxylic acid groups (broad SMARTS) is 1. The number of benzene rings is 1. The van der Waals surface area contributed by atoms with Crippen molar-refractivity contribution in [3.63, 3.8) is 0 Å². The van der Waals surface area contributed by atoms with E-state index in [9.17, 15) is 9.59 Å². The van der Waals surface area contributed by atoms with E-state index in [0.29, 0.717) is 34.4 Å². The van der Waals surface area contributed by atoms with Gasteiger partial charge in [-0.25, -0.2) is 4.68 Å². The summed E-state index contributed by atoms with van der Waals surface area (Å²) in [4.78, 5) is 24.7. The summed E-state index contributed by atoms with van der Waals surface area (Å²) in [5.74, 6) is -1.49. The summed E-state index contributed by atoms with van der Waals surface area (Å²) in [5.41, 5.74) is 1.47. The minimum Gasteiger partial charge on any atom is -0.480 e. The average molecular weight is 370 g/mol. The zero-order valence-corrected chi connectivity index (χ0v) is 14.8. The first-order valence-electron chi connectivity index (χ1n) is 7.36. The fraction of sp³-hybridized carbons (Fsp3) is 0.312. The molecule has 2 aromatic rings. The van der Waals surface area contributed by atoms with Crippen molar-refractivity contribution in [1.29, 1.82) is 0 Å². The number of carbonyl (C=O) groups excluding carboxylic acids is 1. The molecule has 0 aliphatic carbocycles. The van der Waals surface area contributed by atoms with Crippen molar-refractivity contribution in [2.24, 2.45) is 0 Å². The molecule has 0 saturated carbocycles. The van der Waals surface area contributed by atoms with Crippen molar-refractivity contribution in [3.8, 4) is 5.69 Å². The van der Waals surface area contributed by atoms with Gasteiger partial charge in [0.25, 0.3) is 5.91 Å². The molecule has 1 aromatic carbocycles. The molecule has 0 spiro atoms. The molecule has 0 fully saturated rings. The van der Waals surface area contributed by atoms with Gasteiger partial charge < -0.3 is 10.0 Å². The molecule has 0 aliphatic heterocycles. The van der Waals surface area contributed by atoms with E-state index in [-0.39, 0.29) is 12.2 Å². The number of carboxylic acids is 1. The third kappa shape index (κ3) is 4.07. The van der Waals surface area contributed by atoms with Gasteiger partial charge in [0, 0.05) is 17.3 Å². The number of nitrogens with zero attached hydrogens (tertiary/aromatic N) is 3. The number of aromatic nitrogens is 2. The lowest BCUT2D eigenvalue weighted by molar-refractivity contribution is -0.137. The Bertz CT molecular complexity index is 774. The number of aryl methyl sites for hydroxylation is 1. The van der Waals surface area contributed by atoms with Crippen molar-refractivity contribution >= 4 is 35.1 Å². The third-order valence-electron chi connectivity index (χ3n) is 3.35. The molecule has 0 saturated heterocycles. The van der Waals surface area contributed by atoms with Gasteiger partial charge in [0.1, 0.15) is 6.54 Å². The van der Waals surface area contributed by atoms with Crippen LogP contribution in [-0.4, -0.2) is 44.8 Å². The lowest BCUT2D eigenvalue weighted by Gasteiger charge is -2.18. The van der Waals surface area contributed by atoms with Gasteiger partial charge in [0.05, 0.1) is 10.7 Å². The van der Waals surface area contributed by atoms with Crippen LogP contribution in [-0.2, 0) is 4.79 Å². The summed E-state index contributed by atoms with van der Waals surface area (Å²) in [7, 11) is 0. The van der Waals surface area contributed by atoms with Crippen LogP contribution in [0.15, 0.2) is 24.3 Å². The maximum Gasteiger partial charge on any atom is 0.323 e. The smallest absolute Gasteiger partial charge is 0.323 e. The zero-order valence-electron chi connectivity index (χ0n) is 13.3. The van der Waals surface area contributed by atoms with Crippen molar-refractivity contribution in [2.45, 2.75) is 20.3 Å². The van der Waals surface area contributed by atoms with Crippen molar-refractivity contribution in [3.05, 3.63) is 45.7 Å². The Hall–Kier alpha value is -2.05. The molecule has 128 valence electrons. The molecule has 0 unspecified atom stereocenters. The Morgan fingerprint density at radius 1 is 1.29 bits per heavy atom. The standard InChI is InChI=1S/C16H17Cl2N3O3/c1-3-6-20(9-15(22)23)16(24)13-7-10(2)21(19-13)14-5-4-11(17)8-12(14)18/h4-5,7-8H,3,6,9H2,1-2H3,(H,22,23). The maximum absolute atomic E-state index is 12.5. The van der Waals surface area contributed by atoms with Crippen LogP contribution in [0.25, 0.3) is 5.69 Å². The van der Waals surface area contributed by atoms with E-state index in [2.05, 4.69) is 5.10 Å². The fourth-order valence-corrected chi connectivity index (χ4v) is 2.81. The predicted molar refractivity (Wildman–Crippen MR) is 92.2 cm³/mol. The average Bonchev–Trinajstić information content (AvgIpc) is 2.87. The molecular formula is C16H17Cl2N3O3. The largest absolute Gasteiger partial charge is 0.480 e. The van der Waals surface area contributed by atoms with E-state index >= 15 is 0 Å². The second kappa shape index (κ2) is 7.68. The normalized spacial score (nSPS) is 10.7. The molecular weight excluding hydrogens is 353 g/mol. The Balaban J connectivity index is 2.36. The molecule has 0 atom stereocenters. The molecule has 1 heterocycles. The molecule has 1 amide bonds. The Morgan fingerprint density at radius 3 is 2.58 bits per heavy atom. The molecule has 8 heteroatoms. The lowest BCUT2D eigenvalue weighted by Crippen LogP contribution is -2.36. The number of rotatable bonds is 6. The van der Waals surface area contributed by atoms with Crippen LogP contribution in [0.1, 0.15) is 29.5 Å². The van der Waals surface area contributed by atoms with E-state index in [4.69, 9.17) is 28.3 Å². The molecule has 2 rings (SSSR count). The van der Waals surface area contributed by atoms with Gasteiger partial charge in [-0.1, -0.05) is 30.1 Å². The summed E-state index contributed by atoms with van der Waals surface area (Å²) < 4.78 is 1.54. The van der Waals surface area contributed by atoms with Crippen LogP contribution >= 0.6 is 23.2 Å². The second-order valence-electron chi connectivity index (χ2n) is 5.30. The van der Waals surface area contributed by atoms with E-state index in [1.54, 1.807) is 31.2 Å². The van der Waals surface area contributed by atoms with E-state index in [1.165, 1.54) is 9.58 Å². The van der Waals surface area contributed by atoms with Crippen molar-refractivity contribution < 1.29 is 14.7 Å². The quantitative estimate of drug-likeness (QED) is 0.846. The highest BCUT2D eigenvalue weighted by Gasteiger charge is 2.22. The first kappa shape index (κ1) is 18.3. The summed E-state index contributed by atoms with van der Waals surface area (Å²) in [6.45, 7) is 3.65. The van der Waals surface area contributed by atoms with Gasteiger partial charge >= 0.3 is 5.97 Å². The van der Waals surface area contributed by atoms with Crippen LogP contribution in [0, 0.1) is 6.92 Å². The highest BCUT2D eigenvalue weighted by Crippen LogP contribution is 2.25. The summed E-state index contributed by atoms with van der Waals surface area (Å²) in [6.07, 6.45) is 0.654. The van der Waals surface area contributed by atoms with E-state index < -0.39 is 11.9 Å². The SMILES string of the molecule is CCCN(CC(=O)O)C(=O)c1cc(C)n(-c2ccc(Cl)cc2Cl)n1. The molecule has 24 heavy (non-hydrogen) atoms. The first-order chi connectivity index (χ1) is 11.3. The summed E-state index contributed by atoms with van der Waals surface area (Å²) in [5, 5.41) is 14.1. The Morgan fingerprint density at radius 2 is 2.00 bits per heavy atom. The molecule has 0 bridgehead atoms. The molecule has 0 radical (unpaired) electrons. The van der Waals surface area contributed by atoms with Crippen LogP contribution in [0.4, 0.5) is 0 Å². The Kier molecular flexibility index (Phi) is 5.85. The minimum atomic E-state index is -1.06. The number of aliphatic carboxylic acids is 1. The van der Waals surface area contributed by atoms with Crippen LogP contribution in [0.3, 0.4) is 0 Å². The molecule has 1 aromatic heterocycles. The van der Waals surface area contributed by atoms with Gasteiger partial charge in [-0.15, -0.1) is 0 Å². The number of hydrogen-bond donors (Lipinski definition) is 1. The topological polar surface area (TPSA) is 75.4 Å². The first-order valence-corrected chi connectivity index (χ1v) is 8.12. The maximum atomic E-state index is 12.5. The van der Waals surface area contributed by atoms with Gasteiger partial charge in [-0.05, 0) is 37.6 Å². The molecule has 6 nitrogen and oxygen atoms in total. The van der Waals surface area contributed by atoms with Crippen molar-refractivity contribution in [1.82, 2.24) is 14.7 Å². The predicted octanol–water partition coefficient (Wildman–Crippen LogP) is 3.42. The highest BCUT2D eigenvalue weighted by atomic mass is 35.5. The zero-order chi connectivity index (χ0) is 17.9. The van der Waals surface area contributed by atoms with E-state index in [0.717, 1.165) is 0 Å². The number of carbonyl (C=O) groups is 2. The molecule has 1 N–H and O–H groups in total. The third-order valence-corrected chi connectivity index (χ3v) is 3.89. The molecule has 0 aliphatic rings. The Labute approximate surface area is 149 Å². The number of amides is 1. The van der Waals surface area contributed by atoms with Gasteiger partial charge in [-0.3, -0.25) is 9.59 Å². The number of halogens is 2. The van der Waals surface area contributed by atoms with Crippen LogP contribution in [0.5, 0.6) is 0 Å². The fourth-order valence-electron chi connectivity index (χ4n) is 2.32. The highest BCUT2D eigenvalue weighted by molar-refractivity contribution is 6.35.